The molecule has 0 unspecified atom stereocenters. The van der Waals surface area contributed by atoms with Crippen molar-refractivity contribution in [2.24, 2.45) is 0 Å². The maximum Gasteiger partial charge on any atom is 0.343 e. The highest BCUT2D eigenvalue weighted by Crippen LogP contribution is 2.47. The number of aryl methyl sites for hydroxylation is 3. The lowest BCUT2D eigenvalue weighted by Gasteiger charge is -2.43. The Morgan fingerprint density at radius 2 is 0.841 bits per heavy atom. The van der Waals surface area contributed by atoms with E-state index in [0.717, 1.165) is 16.7 Å². The summed E-state index contributed by atoms with van der Waals surface area (Å²) in [6.45, 7) is 20.8. The Morgan fingerprint density at radius 1 is 0.500 bits per heavy atom. The van der Waals surface area contributed by atoms with Gasteiger partial charge in [-0.3, -0.25) is 43.0 Å². The summed E-state index contributed by atoms with van der Waals surface area (Å²) in [6.07, 6.45) is -3.13. The van der Waals surface area contributed by atoms with Gasteiger partial charge >= 0.3 is 34.2 Å². The topological polar surface area (TPSA) is 277 Å². The predicted molar refractivity (Wildman–Crippen MR) is 332 cm³/mol. The van der Waals surface area contributed by atoms with Gasteiger partial charge in [0.05, 0.1) is 52.4 Å². The zero-order valence-corrected chi connectivity index (χ0v) is 54.3. The number of H-pyrrole nitrogens is 3. The third-order valence-corrected chi connectivity index (χ3v) is 26.4. The Hall–Kier alpha value is -6.63. The van der Waals surface area contributed by atoms with E-state index in [1.54, 1.807) is 35.0 Å². The van der Waals surface area contributed by atoms with Gasteiger partial charge in [-0.25, -0.2) is 14.4 Å². The van der Waals surface area contributed by atoms with Crippen molar-refractivity contribution < 1.29 is 51.2 Å². The van der Waals surface area contributed by atoms with Crippen LogP contribution < -0.4 is 43.2 Å². The van der Waals surface area contributed by atoms with Gasteiger partial charge in [0.1, 0.15) is 54.1 Å². The summed E-state index contributed by atoms with van der Waals surface area (Å²) in [5, 5.41) is 11.4. The molecule has 3 saturated heterocycles. The molecule has 6 aromatic rings. The van der Waals surface area contributed by atoms with Crippen LogP contribution in [-0.2, 0) is 42.3 Å². The van der Waals surface area contributed by atoms with Crippen LogP contribution in [0.1, 0.15) is 127 Å². The second-order valence-corrected chi connectivity index (χ2v) is 33.0. The molecule has 23 nitrogen and oxygen atoms in total. The fourth-order valence-corrected chi connectivity index (χ4v) is 20.0. The van der Waals surface area contributed by atoms with E-state index in [9.17, 15) is 33.9 Å². The molecule has 476 valence electrons. The molecule has 88 heavy (non-hydrogen) atoms. The molecule has 25 heteroatoms. The third kappa shape index (κ3) is 13.3. The number of methoxy groups -OCH3 is 2. The molecule has 6 heterocycles. The second-order valence-electron chi connectivity index (χ2n) is 24.4. The average molecular weight is 1250 g/mol. The molecule has 0 radical (unpaired) electrons. The minimum Gasteiger partial charge on any atom is -0.497 e. The Morgan fingerprint density at radius 3 is 1.22 bits per heavy atom. The standard InChI is InChI=1S/C63H84N6O17Si2/c1-36(2)87(37(3)4,80-34-51-48(70)27-54(82-51)67-30-40(9)57(71)64-60(67)74)86-50-29-56(69-32-42(11)59(73)66-62(69)76)84-53(50)35-81-88(38(5)6,39(7)8)85-49-28-55(68-31-41(10)58(72)65-61(68)75)83-52(49)33-79-63(43-17-15-14-16-18-43,44-19-23-46(77-12)24-20-44)45-21-25-47(78-13)26-22-45/h14-26,30-32,36-39,48-56,70H,27-29,33-35H2,1-13H3,(H,64,71,74)(H,65,72,75)(H,66,73,76)/t48-,49-,50-,51+,52+,53+,54+,55+,56+/m0/s1. The highest BCUT2D eigenvalue weighted by Gasteiger charge is 2.55. The summed E-state index contributed by atoms with van der Waals surface area (Å²) in [4.78, 5) is 85.2. The van der Waals surface area contributed by atoms with Crippen LogP contribution in [-0.4, -0.2) is 122 Å². The number of rotatable bonds is 25. The van der Waals surface area contributed by atoms with Crippen LogP contribution in [0.15, 0.2) is 126 Å². The Labute approximate surface area is 512 Å². The lowest BCUT2D eigenvalue weighted by molar-refractivity contribution is -0.0972. The predicted octanol–water partition coefficient (Wildman–Crippen LogP) is 7.14. The second kappa shape index (κ2) is 27.2. The van der Waals surface area contributed by atoms with Gasteiger partial charge in [0, 0.05) is 54.5 Å². The van der Waals surface area contributed by atoms with Crippen molar-refractivity contribution in [3.05, 3.63) is 193 Å². The van der Waals surface area contributed by atoms with Gasteiger partial charge in [0.25, 0.3) is 16.7 Å². The van der Waals surface area contributed by atoms with Crippen LogP contribution in [0.2, 0.25) is 22.2 Å². The number of aliphatic hydroxyl groups excluding tert-OH is 1. The Kier molecular flexibility index (Phi) is 20.4. The van der Waals surface area contributed by atoms with Gasteiger partial charge in [0.2, 0.25) is 0 Å². The molecular weight excluding hydrogens is 1170 g/mol. The molecule has 0 saturated carbocycles. The number of nitrogens with one attached hydrogen (secondary N) is 3. The number of aromatic amines is 3. The number of nitrogens with zero attached hydrogens (tertiary/aromatic N) is 3. The SMILES string of the molecule is COc1ccc(C(OC[C@H]2O[C@@H](n3cc(C)c(=O)[nH]c3=O)C[C@@H]2O[Si](OC[C@H]2O[C@@H](n3cc(C)c(=O)[nH]c3=O)C[C@@H]2O[Si](OC[C@H]2O[C@@H](n3cc(C)c(=O)[nH]c3=O)C[C@@H]2O)(C(C)C)C(C)C)(C(C)C)C(C)C)(c2ccccc2)c2ccc(OC)cc2)cc1. The van der Waals surface area contributed by atoms with E-state index in [1.807, 2.05) is 134 Å². The maximum atomic E-state index is 13.7. The average Bonchev–Trinajstić information content (AvgIpc) is 2.61. The van der Waals surface area contributed by atoms with E-state index in [4.69, 9.17) is 46.1 Å². The molecule has 3 aromatic carbocycles. The van der Waals surface area contributed by atoms with E-state index in [-0.39, 0.29) is 61.2 Å². The zero-order valence-electron chi connectivity index (χ0n) is 52.3. The molecule has 0 bridgehead atoms. The van der Waals surface area contributed by atoms with Crippen LogP contribution in [0.25, 0.3) is 0 Å². The Balaban J connectivity index is 1.06. The van der Waals surface area contributed by atoms with Gasteiger partial charge in [-0.05, 0) is 83.9 Å². The molecule has 4 N–H and O–H groups in total. The minimum absolute atomic E-state index is 0.0665. The van der Waals surface area contributed by atoms with Crippen LogP contribution in [0.5, 0.6) is 11.5 Å². The van der Waals surface area contributed by atoms with Crippen molar-refractivity contribution in [2.45, 2.75) is 178 Å². The van der Waals surface area contributed by atoms with Crippen molar-refractivity contribution in [3.8, 4) is 11.5 Å². The van der Waals surface area contributed by atoms with Gasteiger partial charge in [0.15, 0.2) is 0 Å². The smallest absolute Gasteiger partial charge is 0.343 e. The molecule has 3 aliphatic heterocycles. The zero-order chi connectivity index (χ0) is 63.6. The van der Waals surface area contributed by atoms with Crippen molar-refractivity contribution in [2.75, 3.05) is 34.0 Å². The highest BCUT2D eigenvalue weighted by molar-refractivity contribution is 6.70. The molecule has 0 spiro atoms. The molecule has 3 fully saturated rings. The van der Waals surface area contributed by atoms with Crippen molar-refractivity contribution in [1.29, 1.82) is 0 Å². The fraction of sp³-hybridized carbons (Fsp3) is 0.524. The first-order valence-electron chi connectivity index (χ1n) is 30.1. The molecule has 0 amide bonds. The summed E-state index contributed by atoms with van der Waals surface area (Å²) >= 11 is 0. The van der Waals surface area contributed by atoms with E-state index >= 15 is 0 Å². The van der Waals surface area contributed by atoms with Crippen LogP contribution in [0.4, 0.5) is 0 Å². The quantitative estimate of drug-likeness (QED) is 0.0327. The normalized spacial score (nSPS) is 22.6. The lowest BCUT2D eigenvalue weighted by atomic mass is 9.80. The lowest BCUT2D eigenvalue weighted by Crippen LogP contribution is -2.56. The third-order valence-electron chi connectivity index (χ3n) is 17.4. The molecule has 3 aliphatic rings. The first kappa shape index (κ1) is 65.8. The number of aromatic nitrogens is 6. The largest absolute Gasteiger partial charge is 0.497 e. The fourth-order valence-electron chi connectivity index (χ4n) is 12.5. The van der Waals surface area contributed by atoms with E-state index in [2.05, 4.69) is 15.0 Å². The monoisotopic (exact) mass is 1250 g/mol. The first-order valence-corrected chi connectivity index (χ1v) is 34.0. The number of hydrogen-bond donors (Lipinski definition) is 4. The molecule has 9 atom stereocenters. The van der Waals surface area contributed by atoms with Crippen LogP contribution >= 0.6 is 0 Å². The highest BCUT2D eigenvalue weighted by atomic mass is 28.4. The van der Waals surface area contributed by atoms with Crippen molar-refractivity contribution in [3.63, 3.8) is 0 Å². The van der Waals surface area contributed by atoms with E-state index in [1.165, 1.54) is 32.3 Å². The maximum absolute atomic E-state index is 13.7. The first-order chi connectivity index (χ1) is 41.8. The van der Waals surface area contributed by atoms with Gasteiger partial charge in [-0.15, -0.1) is 0 Å². The number of ether oxygens (including phenoxy) is 6. The van der Waals surface area contributed by atoms with Crippen molar-refractivity contribution in [1.82, 2.24) is 28.7 Å². The molecule has 3 aromatic heterocycles. The van der Waals surface area contributed by atoms with Gasteiger partial charge in [-0.2, -0.15) is 0 Å². The summed E-state index contributed by atoms with van der Waals surface area (Å²) in [5.41, 5.74) is -2.35. The summed E-state index contributed by atoms with van der Waals surface area (Å²) in [5.74, 6) is 1.30. The number of benzene rings is 3. The van der Waals surface area contributed by atoms with Crippen LogP contribution in [0.3, 0.4) is 0 Å². The van der Waals surface area contributed by atoms with Gasteiger partial charge < -0.3 is 51.2 Å². The van der Waals surface area contributed by atoms with E-state index in [0.29, 0.717) is 28.2 Å². The Bertz CT molecular complexity index is 3670. The summed E-state index contributed by atoms with van der Waals surface area (Å²) in [7, 11) is -3.84. The number of aliphatic hydroxyl groups is 1. The summed E-state index contributed by atoms with van der Waals surface area (Å²) < 4.78 is 72.3. The van der Waals surface area contributed by atoms with Crippen molar-refractivity contribution >= 4 is 17.1 Å². The summed E-state index contributed by atoms with van der Waals surface area (Å²) in [6, 6.07) is 25.2. The van der Waals surface area contributed by atoms with Crippen LogP contribution in [0, 0.1) is 20.8 Å². The molecule has 9 rings (SSSR count). The van der Waals surface area contributed by atoms with E-state index < -0.39 is 112 Å². The minimum atomic E-state index is -3.59. The molecule has 0 aliphatic carbocycles. The van der Waals surface area contributed by atoms with Gasteiger partial charge in [-0.1, -0.05) is 110 Å². The molecular formula is C63H84N6O17Si2. The number of hydrogen-bond acceptors (Lipinski definition) is 17.